The van der Waals surface area contributed by atoms with Crippen LogP contribution in [0.4, 0.5) is 0 Å². The van der Waals surface area contributed by atoms with E-state index in [1.54, 1.807) is 13.1 Å². The third-order valence-electron chi connectivity index (χ3n) is 3.49. The maximum Gasteiger partial charge on any atom is 0.244 e. The quantitative estimate of drug-likeness (QED) is 0.810. The fourth-order valence-corrected chi connectivity index (χ4v) is 4.81. The molecular formula is C14H23BrN2O2S. The van der Waals surface area contributed by atoms with E-state index in [9.17, 15) is 8.42 Å². The summed E-state index contributed by atoms with van der Waals surface area (Å²) < 4.78 is 27.4. The van der Waals surface area contributed by atoms with E-state index in [1.165, 1.54) is 4.31 Å². The first-order chi connectivity index (χ1) is 9.38. The van der Waals surface area contributed by atoms with Crippen LogP contribution in [0.25, 0.3) is 0 Å². The Hall–Kier alpha value is -0.430. The Morgan fingerprint density at radius 2 is 1.90 bits per heavy atom. The van der Waals surface area contributed by atoms with Gasteiger partial charge in [0.2, 0.25) is 10.0 Å². The number of nitrogens with one attached hydrogen (secondary N) is 1. The predicted octanol–water partition coefficient (Wildman–Crippen LogP) is 2.98. The molecule has 0 fully saturated rings. The SMILES string of the molecule is CCC(CC)N(C)S(=O)(=O)c1ccc(CNC)cc1Br. The smallest absolute Gasteiger partial charge is 0.244 e. The minimum absolute atomic E-state index is 0.0314. The molecule has 0 aromatic heterocycles. The average molecular weight is 363 g/mol. The summed E-state index contributed by atoms with van der Waals surface area (Å²) in [5.41, 5.74) is 1.04. The summed E-state index contributed by atoms with van der Waals surface area (Å²) in [7, 11) is 0.0555. The van der Waals surface area contributed by atoms with Crippen molar-refractivity contribution in [1.82, 2.24) is 9.62 Å². The lowest BCUT2D eigenvalue weighted by molar-refractivity contribution is 0.349. The Morgan fingerprint density at radius 3 is 2.35 bits per heavy atom. The number of sulfonamides is 1. The van der Waals surface area contributed by atoms with Gasteiger partial charge in [0.15, 0.2) is 0 Å². The predicted molar refractivity (Wildman–Crippen MR) is 86.2 cm³/mol. The van der Waals surface area contributed by atoms with E-state index in [4.69, 9.17) is 0 Å². The minimum atomic E-state index is -3.46. The molecule has 1 rings (SSSR count). The van der Waals surface area contributed by atoms with Gasteiger partial charge in [-0.1, -0.05) is 19.9 Å². The van der Waals surface area contributed by atoms with Crippen LogP contribution < -0.4 is 5.32 Å². The van der Waals surface area contributed by atoms with Gasteiger partial charge in [0.25, 0.3) is 0 Å². The van der Waals surface area contributed by atoms with Crippen LogP contribution >= 0.6 is 15.9 Å². The molecule has 0 aliphatic rings. The summed E-state index contributed by atoms with van der Waals surface area (Å²) in [4.78, 5) is 0.326. The lowest BCUT2D eigenvalue weighted by Crippen LogP contribution is -2.36. The summed E-state index contributed by atoms with van der Waals surface area (Å²) in [5, 5.41) is 3.05. The fraction of sp³-hybridized carbons (Fsp3) is 0.571. The molecule has 0 aliphatic carbocycles. The van der Waals surface area contributed by atoms with E-state index in [0.717, 1.165) is 18.4 Å². The van der Waals surface area contributed by atoms with Gasteiger partial charge in [-0.05, 0) is 53.5 Å². The van der Waals surface area contributed by atoms with Gasteiger partial charge in [0, 0.05) is 24.1 Å². The van der Waals surface area contributed by atoms with E-state index >= 15 is 0 Å². The average Bonchev–Trinajstić information content (AvgIpc) is 2.40. The van der Waals surface area contributed by atoms with Gasteiger partial charge in [0.05, 0.1) is 4.90 Å². The molecule has 0 bridgehead atoms. The fourth-order valence-electron chi connectivity index (χ4n) is 2.22. The van der Waals surface area contributed by atoms with Crippen molar-refractivity contribution in [2.24, 2.45) is 0 Å². The Morgan fingerprint density at radius 1 is 1.30 bits per heavy atom. The number of benzene rings is 1. The van der Waals surface area contributed by atoms with E-state index in [0.29, 0.717) is 15.9 Å². The van der Waals surface area contributed by atoms with Crippen LogP contribution in [0.2, 0.25) is 0 Å². The van der Waals surface area contributed by atoms with Crippen molar-refractivity contribution in [2.45, 2.75) is 44.2 Å². The first-order valence-electron chi connectivity index (χ1n) is 6.79. The van der Waals surface area contributed by atoms with Crippen molar-refractivity contribution in [3.8, 4) is 0 Å². The molecule has 1 aromatic rings. The molecule has 4 nitrogen and oxygen atoms in total. The number of halogens is 1. The van der Waals surface area contributed by atoms with Crippen LogP contribution in [0, 0.1) is 0 Å². The molecule has 0 unspecified atom stereocenters. The highest BCUT2D eigenvalue weighted by Gasteiger charge is 2.27. The van der Waals surface area contributed by atoms with Crippen LogP contribution in [0.3, 0.4) is 0 Å². The maximum absolute atomic E-state index is 12.7. The third kappa shape index (κ3) is 3.81. The standard InChI is InChI=1S/C14H23BrN2O2S/c1-5-12(6-2)17(4)20(18,19)14-8-7-11(10-16-3)9-13(14)15/h7-9,12,16H,5-6,10H2,1-4H3. The molecule has 0 aliphatic heterocycles. The molecule has 6 heteroatoms. The number of hydrogen-bond acceptors (Lipinski definition) is 3. The Kier molecular flexibility index (Phi) is 6.64. The molecule has 1 N–H and O–H groups in total. The minimum Gasteiger partial charge on any atom is -0.316 e. The molecule has 0 spiro atoms. The Balaban J connectivity index is 3.15. The second-order valence-electron chi connectivity index (χ2n) is 4.79. The van der Waals surface area contributed by atoms with Gasteiger partial charge in [-0.25, -0.2) is 8.42 Å². The molecule has 0 heterocycles. The monoisotopic (exact) mass is 362 g/mol. The summed E-state index contributed by atoms with van der Waals surface area (Å²) in [6.07, 6.45) is 1.61. The lowest BCUT2D eigenvalue weighted by Gasteiger charge is -2.26. The molecular weight excluding hydrogens is 340 g/mol. The second kappa shape index (κ2) is 7.54. The van der Waals surface area contributed by atoms with Crippen LogP contribution in [0.15, 0.2) is 27.6 Å². The summed E-state index contributed by atoms with van der Waals surface area (Å²) in [5.74, 6) is 0. The van der Waals surface area contributed by atoms with Gasteiger partial charge in [-0.15, -0.1) is 0 Å². The van der Waals surface area contributed by atoms with E-state index in [1.807, 2.05) is 33.0 Å². The van der Waals surface area contributed by atoms with Crippen molar-refractivity contribution in [3.05, 3.63) is 28.2 Å². The topological polar surface area (TPSA) is 49.4 Å². The molecule has 0 saturated heterocycles. The van der Waals surface area contributed by atoms with E-state index < -0.39 is 10.0 Å². The van der Waals surface area contributed by atoms with Crippen molar-refractivity contribution >= 4 is 26.0 Å². The van der Waals surface area contributed by atoms with Gasteiger partial charge >= 0.3 is 0 Å². The van der Waals surface area contributed by atoms with Crippen LogP contribution in [-0.2, 0) is 16.6 Å². The van der Waals surface area contributed by atoms with Crippen molar-refractivity contribution in [1.29, 1.82) is 0 Å². The molecule has 0 atom stereocenters. The third-order valence-corrected chi connectivity index (χ3v) is 6.38. The molecule has 114 valence electrons. The van der Waals surface area contributed by atoms with Gasteiger partial charge in [-0.2, -0.15) is 4.31 Å². The lowest BCUT2D eigenvalue weighted by atomic mass is 10.2. The largest absolute Gasteiger partial charge is 0.316 e. The highest BCUT2D eigenvalue weighted by molar-refractivity contribution is 9.10. The zero-order chi connectivity index (χ0) is 15.3. The van der Waals surface area contributed by atoms with Gasteiger partial charge in [-0.3, -0.25) is 0 Å². The van der Waals surface area contributed by atoms with Crippen LogP contribution in [0.1, 0.15) is 32.3 Å². The summed E-state index contributed by atoms with van der Waals surface area (Å²) >= 11 is 3.38. The highest BCUT2D eigenvalue weighted by Crippen LogP contribution is 2.27. The Labute approximate surface area is 130 Å². The first kappa shape index (κ1) is 17.6. The zero-order valence-corrected chi connectivity index (χ0v) is 14.9. The molecule has 1 aromatic carbocycles. The van der Waals surface area contributed by atoms with Crippen LogP contribution in [0.5, 0.6) is 0 Å². The first-order valence-corrected chi connectivity index (χ1v) is 9.02. The van der Waals surface area contributed by atoms with Gasteiger partial charge < -0.3 is 5.32 Å². The van der Waals surface area contributed by atoms with Gasteiger partial charge in [0.1, 0.15) is 0 Å². The van der Waals surface area contributed by atoms with Crippen molar-refractivity contribution in [3.63, 3.8) is 0 Å². The number of hydrogen-bond donors (Lipinski definition) is 1. The second-order valence-corrected chi connectivity index (χ2v) is 7.61. The Bertz CT molecular complexity index is 542. The van der Waals surface area contributed by atoms with Crippen LogP contribution in [-0.4, -0.2) is 32.9 Å². The normalized spacial score (nSPS) is 12.3. The molecule has 20 heavy (non-hydrogen) atoms. The highest BCUT2D eigenvalue weighted by atomic mass is 79.9. The van der Waals surface area contributed by atoms with Crippen molar-refractivity contribution < 1.29 is 8.42 Å². The zero-order valence-electron chi connectivity index (χ0n) is 12.5. The van der Waals surface area contributed by atoms with E-state index in [2.05, 4.69) is 21.2 Å². The molecule has 0 saturated carbocycles. The summed E-state index contributed by atoms with van der Waals surface area (Å²) in [6.45, 7) is 4.72. The maximum atomic E-state index is 12.7. The van der Waals surface area contributed by atoms with E-state index in [-0.39, 0.29) is 6.04 Å². The number of nitrogens with zero attached hydrogens (tertiary/aromatic N) is 1. The number of rotatable bonds is 7. The summed E-state index contributed by atoms with van der Waals surface area (Å²) in [6, 6.07) is 5.40. The molecule has 0 amide bonds. The van der Waals surface area contributed by atoms with Crippen molar-refractivity contribution in [2.75, 3.05) is 14.1 Å². The molecule has 0 radical (unpaired) electrons.